The first kappa shape index (κ1) is 12.7. The van der Waals surface area contributed by atoms with E-state index < -0.39 is 0 Å². The lowest BCUT2D eigenvalue weighted by Gasteiger charge is -2.23. The Morgan fingerprint density at radius 2 is 2.41 bits per heavy atom. The van der Waals surface area contributed by atoms with Gasteiger partial charge in [-0.2, -0.15) is 0 Å². The molecule has 1 N–H and O–H groups in total. The average Bonchev–Trinajstić information content (AvgIpc) is 2.35. The summed E-state index contributed by atoms with van der Waals surface area (Å²) < 4.78 is 11.1. The maximum absolute atomic E-state index is 5.95. The minimum atomic E-state index is 0.414. The lowest BCUT2D eigenvalue weighted by Crippen LogP contribution is -2.41. The number of rotatable bonds is 4. The summed E-state index contributed by atoms with van der Waals surface area (Å²) in [6.45, 7) is 5.20. The molecule has 0 spiro atoms. The number of benzene rings is 1. The highest BCUT2D eigenvalue weighted by Crippen LogP contribution is 2.21. The van der Waals surface area contributed by atoms with Gasteiger partial charge in [-0.3, -0.25) is 0 Å². The number of ether oxygens (including phenoxy) is 2. The van der Waals surface area contributed by atoms with E-state index in [0.717, 1.165) is 42.5 Å². The van der Waals surface area contributed by atoms with Gasteiger partial charge >= 0.3 is 0 Å². The Labute approximate surface area is 107 Å². The molecule has 0 radical (unpaired) electrons. The van der Waals surface area contributed by atoms with Gasteiger partial charge in [0.15, 0.2) is 0 Å². The van der Waals surface area contributed by atoms with E-state index in [1.54, 1.807) is 0 Å². The Kier molecular flexibility index (Phi) is 4.66. The van der Waals surface area contributed by atoms with Gasteiger partial charge < -0.3 is 14.8 Å². The fourth-order valence-corrected chi connectivity index (χ4v) is 1.95. The molecular formula is C13H18ClNO2. The Bertz CT molecular complexity index is 364. The summed E-state index contributed by atoms with van der Waals surface area (Å²) in [5.74, 6) is 0.878. The van der Waals surface area contributed by atoms with Gasteiger partial charge in [0.1, 0.15) is 5.75 Å². The summed E-state index contributed by atoms with van der Waals surface area (Å²) in [4.78, 5) is 0. The van der Waals surface area contributed by atoms with E-state index in [0.29, 0.717) is 12.6 Å². The molecule has 1 saturated heterocycles. The van der Waals surface area contributed by atoms with Gasteiger partial charge in [-0.05, 0) is 37.1 Å². The third-order valence-electron chi connectivity index (χ3n) is 2.86. The Morgan fingerprint density at radius 1 is 1.53 bits per heavy atom. The molecule has 0 bridgehead atoms. The lowest BCUT2D eigenvalue weighted by molar-refractivity contribution is 0.0691. The highest BCUT2D eigenvalue weighted by molar-refractivity contribution is 6.31. The van der Waals surface area contributed by atoms with Crippen molar-refractivity contribution in [3.63, 3.8) is 0 Å². The van der Waals surface area contributed by atoms with Crippen LogP contribution in [-0.4, -0.2) is 32.4 Å². The first-order chi connectivity index (χ1) is 8.25. The van der Waals surface area contributed by atoms with Crippen LogP contribution >= 0.6 is 11.6 Å². The smallest absolute Gasteiger partial charge is 0.119 e. The predicted molar refractivity (Wildman–Crippen MR) is 68.9 cm³/mol. The first-order valence-corrected chi connectivity index (χ1v) is 6.33. The van der Waals surface area contributed by atoms with E-state index in [2.05, 4.69) is 5.32 Å². The van der Waals surface area contributed by atoms with Gasteiger partial charge in [0.25, 0.3) is 0 Å². The van der Waals surface area contributed by atoms with E-state index in [-0.39, 0.29) is 0 Å². The van der Waals surface area contributed by atoms with Crippen LogP contribution in [-0.2, 0) is 4.74 Å². The van der Waals surface area contributed by atoms with Crippen molar-refractivity contribution < 1.29 is 9.47 Å². The largest absolute Gasteiger partial charge is 0.494 e. The minimum Gasteiger partial charge on any atom is -0.494 e. The minimum absolute atomic E-state index is 0.414. The molecule has 0 aliphatic carbocycles. The van der Waals surface area contributed by atoms with Crippen LogP contribution in [0.15, 0.2) is 18.2 Å². The number of halogens is 1. The van der Waals surface area contributed by atoms with E-state index >= 15 is 0 Å². The summed E-state index contributed by atoms with van der Waals surface area (Å²) in [6, 6.07) is 6.15. The fraction of sp³-hybridized carbons (Fsp3) is 0.538. The van der Waals surface area contributed by atoms with E-state index in [1.165, 1.54) is 0 Å². The molecule has 1 unspecified atom stereocenters. The molecule has 0 amide bonds. The zero-order valence-electron chi connectivity index (χ0n) is 10.0. The highest BCUT2D eigenvalue weighted by atomic mass is 35.5. The van der Waals surface area contributed by atoms with E-state index in [9.17, 15) is 0 Å². The van der Waals surface area contributed by atoms with Crippen LogP contribution in [0.5, 0.6) is 5.75 Å². The van der Waals surface area contributed by atoms with Gasteiger partial charge in [0.05, 0.1) is 19.8 Å². The molecule has 2 rings (SSSR count). The maximum atomic E-state index is 5.95. The fourth-order valence-electron chi connectivity index (χ4n) is 1.83. The molecule has 0 aromatic heterocycles. The monoisotopic (exact) mass is 255 g/mol. The molecule has 1 atom stereocenters. The number of morpholine rings is 1. The molecule has 0 saturated carbocycles. The third kappa shape index (κ3) is 3.87. The SMILES string of the molecule is Cc1cc(OCCC2COCCN2)ccc1Cl. The molecule has 1 fully saturated rings. The van der Waals surface area contributed by atoms with Crippen molar-refractivity contribution in [2.24, 2.45) is 0 Å². The molecule has 1 heterocycles. The number of aryl methyl sites for hydroxylation is 1. The van der Waals surface area contributed by atoms with Crippen molar-refractivity contribution in [3.05, 3.63) is 28.8 Å². The molecule has 1 aliphatic heterocycles. The second-order valence-corrected chi connectivity index (χ2v) is 4.68. The van der Waals surface area contributed by atoms with Gasteiger partial charge in [-0.25, -0.2) is 0 Å². The molecule has 1 aliphatic rings. The summed E-state index contributed by atoms with van der Waals surface area (Å²) >= 11 is 5.95. The normalized spacial score (nSPS) is 20.2. The molecule has 3 nitrogen and oxygen atoms in total. The summed E-state index contributed by atoms with van der Waals surface area (Å²) in [5, 5.41) is 4.18. The Morgan fingerprint density at radius 3 is 3.12 bits per heavy atom. The van der Waals surface area contributed by atoms with E-state index in [1.807, 2.05) is 25.1 Å². The quantitative estimate of drug-likeness (QED) is 0.896. The van der Waals surface area contributed by atoms with Crippen molar-refractivity contribution in [1.29, 1.82) is 0 Å². The zero-order valence-corrected chi connectivity index (χ0v) is 10.8. The molecule has 1 aromatic rings. The lowest BCUT2D eigenvalue weighted by atomic mass is 10.2. The topological polar surface area (TPSA) is 30.5 Å². The summed E-state index contributed by atoms with van der Waals surface area (Å²) in [7, 11) is 0. The van der Waals surface area contributed by atoms with Gasteiger partial charge in [0, 0.05) is 17.6 Å². The number of hydrogen-bond acceptors (Lipinski definition) is 3. The van der Waals surface area contributed by atoms with Crippen molar-refractivity contribution in [3.8, 4) is 5.75 Å². The second kappa shape index (κ2) is 6.24. The Balaban J connectivity index is 1.75. The molecule has 4 heteroatoms. The average molecular weight is 256 g/mol. The van der Waals surface area contributed by atoms with Crippen molar-refractivity contribution >= 4 is 11.6 Å². The predicted octanol–water partition coefficient (Wildman–Crippen LogP) is 2.41. The van der Waals surface area contributed by atoms with Crippen LogP contribution in [0, 0.1) is 6.92 Å². The number of nitrogens with one attached hydrogen (secondary N) is 1. The van der Waals surface area contributed by atoms with Crippen LogP contribution in [0.1, 0.15) is 12.0 Å². The standard InChI is InChI=1S/C13H18ClNO2/c1-10-8-12(2-3-13(10)14)17-6-4-11-9-16-7-5-15-11/h2-3,8,11,15H,4-7,9H2,1H3. The van der Waals surface area contributed by atoms with Crippen LogP contribution < -0.4 is 10.1 Å². The van der Waals surface area contributed by atoms with Crippen molar-refractivity contribution in [1.82, 2.24) is 5.32 Å². The van der Waals surface area contributed by atoms with Crippen LogP contribution in [0.25, 0.3) is 0 Å². The van der Waals surface area contributed by atoms with Crippen molar-refractivity contribution in [2.75, 3.05) is 26.4 Å². The second-order valence-electron chi connectivity index (χ2n) is 4.27. The van der Waals surface area contributed by atoms with Gasteiger partial charge in [0.2, 0.25) is 0 Å². The summed E-state index contributed by atoms with van der Waals surface area (Å²) in [6.07, 6.45) is 0.960. The van der Waals surface area contributed by atoms with Crippen molar-refractivity contribution in [2.45, 2.75) is 19.4 Å². The van der Waals surface area contributed by atoms with Crippen LogP contribution in [0.4, 0.5) is 0 Å². The Hall–Kier alpha value is -0.770. The van der Waals surface area contributed by atoms with Gasteiger partial charge in [-0.1, -0.05) is 11.6 Å². The molecular weight excluding hydrogens is 238 g/mol. The van der Waals surface area contributed by atoms with Gasteiger partial charge in [-0.15, -0.1) is 0 Å². The molecule has 94 valence electrons. The van der Waals surface area contributed by atoms with Crippen LogP contribution in [0.3, 0.4) is 0 Å². The first-order valence-electron chi connectivity index (χ1n) is 5.96. The number of hydrogen-bond donors (Lipinski definition) is 1. The molecule has 17 heavy (non-hydrogen) atoms. The summed E-state index contributed by atoms with van der Waals surface area (Å²) in [5.41, 5.74) is 1.04. The highest BCUT2D eigenvalue weighted by Gasteiger charge is 2.12. The zero-order chi connectivity index (χ0) is 12.1. The molecule has 1 aromatic carbocycles. The maximum Gasteiger partial charge on any atom is 0.119 e. The van der Waals surface area contributed by atoms with Crippen LogP contribution in [0.2, 0.25) is 5.02 Å². The van der Waals surface area contributed by atoms with E-state index in [4.69, 9.17) is 21.1 Å². The third-order valence-corrected chi connectivity index (χ3v) is 3.29.